The van der Waals surface area contributed by atoms with Gasteiger partial charge in [0.15, 0.2) is 0 Å². The van der Waals surface area contributed by atoms with Crippen molar-refractivity contribution in [3.63, 3.8) is 0 Å². The average Bonchev–Trinajstić information content (AvgIpc) is 2.91. The molecule has 1 aliphatic heterocycles. The van der Waals surface area contributed by atoms with Gasteiger partial charge < -0.3 is 15.4 Å². The van der Waals surface area contributed by atoms with E-state index in [0.29, 0.717) is 6.10 Å². The fourth-order valence-electron chi connectivity index (χ4n) is 2.41. The van der Waals surface area contributed by atoms with Crippen LogP contribution in [0.5, 0.6) is 0 Å². The molecule has 1 saturated heterocycles. The zero-order valence-electron chi connectivity index (χ0n) is 11.2. The van der Waals surface area contributed by atoms with E-state index in [1.54, 1.807) is 0 Å². The SMILES string of the molecule is CNCCc1ccccc1CNCC1CCCO1. The first-order valence-corrected chi connectivity index (χ1v) is 6.94. The Kier molecular flexibility index (Phi) is 5.65. The summed E-state index contributed by atoms with van der Waals surface area (Å²) in [5, 5.41) is 6.72. The molecular weight excluding hydrogens is 224 g/mol. The van der Waals surface area contributed by atoms with Crippen LogP contribution in [0.15, 0.2) is 24.3 Å². The Morgan fingerprint density at radius 1 is 1.28 bits per heavy atom. The quantitative estimate of drug-likeness (QED) is 0.771. The molecule has 18 heavy (non-hydrogen) atoms. The van der Waals surface area contributed by atoms with Gasteiger partial charge in [-0.3, -0.25) is 0 Å². The first-order chi connectivity index (χ1) is 8.90. The van der Waals surface area contributed by atoms with Crippen molar-refractivity contribution in [3.05, 3.63) is 35.4 Å². The van der Waals surface area contributed by atoms with Crippen LogP contribution < -0.4 is 10.6 Å². The molecule has 2 rings (SSSR count). The maximum absolute atomic E-state index is 5.61. The highest BCUT2D eigenvalue weighted by Gasteiger charge is 2.14. The van der Waals surface area contributed by atoms with Gasteiger partial charge in [-0.05, 0) is 44.0 Å². The van der Waals surface area contributed by atoms with Crippen LogP contribution in [0.25, 0.3) is 0 Å². The van der Waals surface area contributed by atoms with Crippen molar-refractivity contribution in [2.24, 2.45) is 0 Å². The molecule has 100 valence electrons. The molecule has 1 fully saturated rings. The van der Waals surface area contributed by atoms with Crippen molar-refractivity contribution in [3.8, 4) is 0 Å². The first kappa shape index (κ1) is 13.5. The second kappa shape index (κ2) is 7.52. The molecule has 2 N–H and O–H groups in total. The van der Waals surface area contributed by atoms with Crippen LogP contribution in [-0.4, -0.2) is 32.8 Å². The highest BCUT2D eigenvalue weighted by atomic mass is 16.5. The molecule has 0 aromatic heterocycles. The largest absolute Gasteiger partial charge is 0.377 e. The lowest BCUT2D eigenvalue weighted by molar-refractivity contribution is 0.110. The lowest BCUT2D eigenvalue weighted by Gasteiger charge is -2.13. The molecule has 0 radical (unpaired) electrons. The molecular formula is C15H24N2O. The Hall–Kier alpha value is -0.900. The number of likely N-dealkylation sites (N-methyl/N-ethyl adjacent to an activating group) is 1. The van der Waals surface area contributed by atoms with Gasteiger partial charge in [-0.2, -0.15) is 0 Å². The highest BCUT2D eigenvalue weighted by molar-refractivity contribution is 5.27. The molecule has 0 amide bonds. The summed E-state index contributed by atoms with van der Waals surface area (Å²) in [5.74, 6) is 0. The van der Waals surface area contributed by atoms with Crippen LogP contribution >= 0.6 is 0 Å². The van der Waals surface area contributed by atoms with Crippen molar-refractivity contribution in [2.75, 3.05) is 26.7 Å². The maximum atomic E-state index is 5.61. The van der Waals surface area contributed by atoms with Crippen molar-refractivity contribution < 1.29 is 4.74 Å². The Bertz CT molecular complexity index is 348. The predicted molar refractivity (Wildman–Crippen MR) is 74.8 cm³/mol. The van der Waals surface area contributed by atoms with Crippen LogP contribution in [0, 0.1) is 0 Å². The molecule has 1 aliphatic rings. The van der Waals surface area contributed by atoms with E-state index in [2.05, 4.69) is 34.9 Å². The summed E-state index contributed by atoms with van der Waals surface area (Å²) in [6.45, 7) is 3.88. The maximum Gasteiger partial charge on any atom is 0.0700 e. The van der Waals surface area contributed by atoms with Gasteiger partial charge in [0.25, 0.3) is 0 Å². The van der Waals surface area contributed by atoms with Gasteiger partial charge in [0.05, 0.1) is 6.10 Å². The Balaban J connectivity index is 1.79. The second-order valence-electron chi connectivity index (χ2n) is 4.89. The summed E-state index contributed by atoms with van der Waals surface area (Å²) in [7, 11) is 2.00. The zero-order chi connectivity index (χ0) is 12.6. The third-order valence-corrected chi connectivity index (χ3v) is 3.47. The summed E-state index contributed by atoms with van der Waals surface area (Å²) < 4.78 is 5.61. The minimum atomic E-state index is 0.425. The lowest BCUT2D eigenvalue weighted by atomic mass is 10.0. The van der Waals surface area contributed by atoms with Gasteiger partial charge in [-0.15, -0.1) is 0 Å². The normalized spacial score (nSPS) is 19.3. The summed E-state index contributed by atoms with van der Waals surface area (Å²) in [6, 6.07) is 8.68. The molecule has 1 aromatic carbocycles. The topological polar surface area (TPSA) is 33.3 Å². The van der Waals surface area contributed by atoms with E-state index in [9.17, 15) is 0 Å². The number of ether oxygens (including phenoxy) is 1. The molecule has 3 heteroatoms. The van der Waals surface area contributed by atoms with E-state index >= 15 is 0 Å². The summed E-state index contributed by atoms with van der Waals surface area (Å²) >= 11 is 0. The third kappa shape index (κ3) is 4.09. The molecule has 1 aromatic rings. The number of nitrogens with one attached hydrogen (secondary N) is 2. The number of hydrogen-bond donors (Lipinski definition) is 2. The minimum absolute atomic E-state index is 0.425. The van der Waals surface area contributed by atoms with Crippen molar-refractivity contribution in [1.82, 2.24) is 10.6 Å². The van der Waals surface area contributed by atoms with E-state index in [-0.39, 0.29) is 0 Å². The van der Waals surface area contributed by atoms with Gasteiger partial charge in [-0.1, -0.05) is 24.3 Å². The third-order valence-electron chi connectivity index (χ3n) is 3.47. The Labute approximate surface area is 110 Å². The van der Waals surface area contributed by atoms with E-state index in [1.807, 2.05) is 7.05 Å². The zero-order valence-corrected chi connectivity index (χ0v) is 11.2. The summed E-state index contributed by atoms with van der Waals surface area (Å²) in [6.07, 6.45) is 3.93. The monoisotopic (exact) mass is 248 g/mol. The Morgan fingerprint density at radius 2 is 2.11 bits per heavy atom. The molecule has 1 heterocycles. The van der Waals surface area contributed by atoms with Gasteiger partial charge in [-0.25, -0.2) is 0 Å². The number of benzene rings is 1. The van der Waals surface area contributed by atoms with Crippen LogP contribution in [0.3, 0.4) is 0 Å². The minimum Gasteiger partial charge on any atom is -0.377 e. The van der Waals surface area contributed by atoms with Crippen molar-refractivity contribution in [2.45, 2.75) is 31.9 Å². The van der Waals surface area contributed by atoms with Crippen molar-refractivity contribution >= 4 is 0 Å². The smallest absolute Gasteiger partial charge is 0.0700 e. The molecule has 0 spiro atoms. The van der Waals surface area contributed by atoms with E-state index in [0.717, 1.165) is 32.7 Å². The van der Waals surface area contributed by atoms with Crippen LogP contribution in [-0.2, 0) is 17.7 Å². The predicted octanol–water partition coefficient (Wildman–Crippen LogP) is 1.72. The average molecular weight is 248 g/mol. The number of rotatable bonds is 7. The molecule has 0 saturated carbocycles. The second-order valence-corrected chi connectivity index (χ2v) is 4.89. The van der Waals surface area contributed by atoms with Crippen LogP contribution in [0.2, 0.25) is 0 Å². The molecule has 3 nitrogen and oxygen atoms in total. The summed E-state index contributed by atoms with van der Waals surface area (Å²) in [5.41, 5.74) is 2.84. The molecule has 0 bridgehead atoms. The lowest BCUT2D eigenvalue weighted by Crippen LogP contribution is -2.26. The molecule has 0 aliphatic carbocycles. The molecule has 1 atom stereocenters. The van der Waals surface area contributed by atoms with Crippen LogP contribution in [0.1, 0.15) is 24.0 Å². The van der Waals surface area contributed by atoms with E-state index in [4.69, 9.17) is 4.74 Å². The van der Waals surface area contributed by atoms with Gasteiger partial charge in [0.2, 0.25) is 0 Å². The Morgan fingerprint density at radius 3 is 2.83 bits per heavy atom. The highest BCUT2D eigenvalue weighted by Crippen LogP contribution is 2.12. The van der Waals surface area contributed by atoms with Gasteiger partial charge in [0, 0.05) is 19.7 Å². The van der Waals surface area contributed by atoms with E-state index < -0.39 is 0 Å². The van der Waals surface area contributed by atoms with Gasteiger partial charge >= 0.3 is 0 Å². The first-order valence-electron chi connectivity index (χ1n) is 6.94. The fraction of sp³-hybridized carbons (Fsp3) is 0.600. The van der Waals surface area contributed by atoms with Crippen molar-refractivity contribution in [1.29, 1.82) is 0 Å². The van der Waals surface area contributed by atoms with Crippen LogP contribution in [0.4, 0.5) is 0 Å². The fourth-order valence-corrected chi connectivity index (χ4v) is 2.41. The molecule has 1 unspecified atom stereocenters. The summed E-state index contributed by atoms with van der Waals surface area (Å²) in [4.78, 5) is 0. The number of hydrogen-bond acceptors (Lipinski definition) is 3. The van der Waals surface area contributed by atoms with Gasteiger partial charge in [0.1, 0.15) is 0 Å². The van der Waals surface area contributed by atoms with E-state index in [1.165, 1.54) is 24.0 Å². The standard InChI is InChI=1S/C15H24N2O/c1-16-9-8-13-5-2-3-6-14(13)11-17-12-15-7-4-10-18-15/h2-3,5-6,15-17H,4,7-12H2,1H3.